The summed E-state index contributed by atoms with van der Waals surface area (Å²) in [5, 5.41) is 3.09. The van der Waals surface area contributed by atoms with E-state index in [0.29, 0.717) is 33.2 Å². The molecule has 140 valence electrons. The number of aldehydes is 1. The van der Waals surface area contributed by atoms with Crippen LogP contribution in [0.5, 0.6) is 5.75 Å². The first-order valence-electron chi connectivity index (χ1n) is 7.87. The smallest absolute Gasteiger partial charge is 0.422 e. The van der Waals surface area contributed by atoms with Crippen molar-refractivity contribution < 1.29 is 27.5 Å². The van der Waals surface area contributed by atoms with Gasteiger partial charge in [-0.25, -0.2) is 0 Å². The number of hydrogen-bond donors (Lipinski definition) is 1. The summed E-state index contributed by atoms with van der Waals surface area (Å²) in [6, 6.07) is 11.8. The normalized spacial score (nSPS) is 11.4. The maximum absolute atomic E-state index is 12.5. The van der Waals surface area contributed by atoms with Crippen molar-refractivity contribution in [3.63, 3.8) is 0 Å². The van der Waals surface area contributed by atoms with Crippen LogP contribution in [0.25, 0.3) is 10.1 Å². The summed E-state index contributed by atoms with van der Waals surface area (Å²) in [6.45, 7) is 0.260. The van der Waals surface area contributed by atoms with Crippen molar-refractivity contribution in [2.75, 3.05) is 11.9 Å². The third-order valence-electron chi connectivity index (χ3n) is 3.79. The lowest BCUT2D eigenvalue weighted by Gasteiger charge is -2.11. The number of aryl methyl sites for hydroxylation is 1. The molecule has 1 heterocycles. The van der Waals surface area contributed by atoms with E-state index in [2.05, 4.69) is 5.32 Å². The zero-order valence-corrected chi connectivity index (χ0v) is 14.9. The molecule has 3 rings (SSSR count). The highest BCUT2D eigenvalue weighted by Gasteiger charge is 2.30. The van der Waals surface area contributed by atoms with Gasteiger partial charge < -0.3 is 10.1 Å². The number of carbonyl (C=O) groups is 2. The maximum Gasteiger partial charge on any atom is 0.422 e. The van der Waals surface area contributed by atoms with Crippen molar-refractivity contribution in [1.82, 2.24) is 0 Å². The lowest BCUT2D eigenvalue weighted by Crippen LogP contribution is -2.19. The summed E-state index contributed by atoms with van der Waals surface area (Å²) in [7, 11) is 0. The molecular weight excluding hydrogens is 379 g/mol. The van der Waals surface area contributed by atoms with Crippen LogP contribution in [0.4, 0.5) is 18.9 Å². The molecule has 0 unspecified atom stereocenters. The average Bonchev–Trinajstić information content (AvgIpc) is 2.97. The van der Waals surface area contributed by atoms with Gasteiger partial charge in [-0.2, -0.15) is 13.2 Å². The Labute approximate surface area is 156 Å². The fourth-order valence-corrected chi connectivity index (χ4v) is 3.58. The summed E-state index contributed by atoms with van der Waals surface area (Å²) >= 11 is 1.04. The van der Waals surface area contributed by atoms with Crippen LogP contribution in [-0.4, -0.2) is 25.0 Å². The fraction of sp³-hybridized carbons (Fsp3) is 0.158. The number of thiophene rings is 1. The molecule has 0 radical (unpaired) electrons. The Balaban J connectivity index is 1.98. The zero-order valence-electron chi connectivity index (χ0n) is 14.1. The second-order valence-electron chi connectivity index (χ2n) is 5.80. The Morgan fingerprint density at radius 2 is 1.93 bits per heavy atom. The number of hydrogen-bond acceptors (Lipinski definition) is 4. The van der Waals surface area contributed by atoms with Crippen LogP contribution in [0, 0.1) is 6.92 Å². The van der Waals surface area contributed by atoms with Gasteiger partial charge in [0.2, 0.25) is 0 Å². The molecule has 27 heavy (non-hydrogen) atoms. The molecule has 1 N–H and O–H groups in total. The SMILES string of the molecule is Cc1cc2sc(C=O)c(OCC(F)(F)F)c2cc1NC(=O)c1ccccc1. The van der Waals surface area contributed by atoms with Crippen LogP contribution >= 0.6 is 11.3 Å². The predicted molar refractivity (Wildman–Crippen MR) is 97.9 cm³/mol. The number of benzene rings is 2. The number of ether oxygens (including phenoxy) is 1. The summed E-state index contributed by atoms with van der Waals surface area (Å²) < 4.78 is 43.0. The van der Waals surface area contributed by atoms with Crippen molar-refractivity contribution in [3.8, 4) is 5.75 Å². The van der Waals surface area contributed by atoms with E-state index in [4.69, 9.17) is 4.74 Å². The Hall–Kier alpha value is -2.87. The molecular formula is C19H14F3NO3S. The molecule has 0 aliphatic heterocycles. The van der Waals surface area contributed by atoms with Gasteiger partial charge in [-0.15, -0.1) is 11.3 Å². The van der Waals surface area contributed by atoms with Gasteiger partial charge in [-0.1, -0.05) is 18.2 Å². The Bertz CT molecular complexity index is 997. The minimum absolute atomic E-state index is 0.0696. The predicted octanol–water partition coefficient (Wildman–Crippen LogP) is 5.22. The van der Waals surface area contributed by atoms with E-state index in [1.807, 2.05) is 0 Å². The van der Waals surface area contributed by atoms with E-state index in [9.17, 15) is 22.8 Å². The lowest BCUT2D eigenvalue weighted by molar-refractivity contribution is -0.153. The third kappa shape index (κ3) is 4.28. The highest BCUT2D eigenvalue weighted by atomic mass is 32.1. The molecule has 0 aliphatic carbocycles. The molecule has 0 atom stereocenters. The molecule has 1 amide bonds. The first-order chi connectivity index (χ1) is 12.8. The van der Waals surface area contributed by atoms with E-state index in [0.717, 1.165) is 11.3 Å². The second kappa shape index (κ2) is 7.40. The number of alkyl halides is 3. The molecule has 1 aromatic heterocycles. The van der Waals surface area contributed by atoms with Crippen molar-refractivity contribution in [1.29, 1.82) is 0 Å². The minimum Gasteiger partial charge on any atom is -0.482 e. The molecule has 0 aliphatic rings. The molecule has 4 nitrogen and oxygen atoms in total. The molecule has 0 fully saturated rings. The Morgan fingerprint density at radius 3 is 2.56 bits per heavy atom. The van der Waals surface area contributed by atoms with Crippen molar-refractivity contribution in [3.05, 3.63) is 58.5 Å². The van der Waals surface area contributed by atoms with Crippen LogP contribution in [0.3, 0.4) is 0 Å². The Morgan fingerprint density at radius 1 is 1.22 bits per heavy atom. The van der Waals surface area contributed by atoms with Gasteiger partial charge in [0.25, 0.3) is 5.91 Å². The van der Waals surface area contributed by atoms with E-state index >= 15 is 0 Å². The van der Waals surface area contributed by atoms with Crippen LogP contribution in [0.15, 0.2) is 42.5 Å². The number of carbonyl (C=O) groups excluding carboxylic acids is 2. The van der Waals surface area contributed by atoms with E-state index in [1.165, 1.54) is 6.07 Å². The topological polar surface area (TPSA) is 55.4 Å². The van der Waals surface area contributed by atoms with Gasteiger partial charge in [-0.3, -0.25) is 9.59 Å². The number of anilines is 1. The standard InChI is InChI=1S/C19H14F3NO3S/c1-11-7-15-13(17(16(9-24)27-15)26-10-19(20,21)22)8-14(11)23-18(25)12-5-3-2-4-6-12/h2-9H,10H2,1H3,(H,23,25). The monoisotopic (exact) mass is 393 g/mol. The summed E-state index contributed by atoms with van der Waals surface area (Å²) in [6.07, 6.45) is -4.06. The number of fused-ring (bicyclic) bond motifs is 1. The highest BCUT2D eigenvalue weighted by molar-refractivity contribution is 7.21. The molecule has 0 saturated heterocycles. The van der Waals surface area contributed by atoms with E-state index in [-0.39, 0.29) is 16.5 Å². The molecule has 0 bridgehead atoms. The summed E-state index contributed by atoms with van der Waals surface area (Å²) in [5.41, 5.74) is 1.60. The highest BCUT2D eigenvalue weighted by Crippen LogP contribution is 2.40. The quantitative estimate of drug-likeness (QED) is 0.605. The van der Waals surface area contributed by atoms with Gasteiger partial charge in [0.05, 0.1) is 0 Å². The van der Waals surface area contributed by atoms with Crippen molar-refractivity contribution >= 4 is 39.3 Å². The maximum atomic E-state index is 12.5. The van der Waals surface area contributed by atoms with Crippen molar-refractivity contribution in [2.24, 2.45) is 0 Å². The van der Waals surface area contributed by atoms with Crippen LogP contribution in [0.1, 0.15) is 25.6 Å². The average molecular weight is 393 g/mol. The van der Waals surface area contributed by atoms with E-state index in [1.54, 1.807) is 43.3 Å². The first kappa shape index (κ1) is 18.9. The summed E-state index contributed by atoms with van der Waals surface area (Å²) in [5.74, 6) is -0.473. The van der Waals surface area contributed by atoms with Gasteiger partial charge >= 0.3 is 6.18 Å². The van der Waals surface area contributed by atoms with Gasteiger partial charge in [0.15, 0.2) is 12.9 Å². The summed E-state index contributed by atoms with van der Waals surface area (Å²) in [4.78, 5) is 23.7. The number of nitrogens with one attached hydrogen (secondary N) is 1. The largest absolute Gasteiger partial charge is 0.482 e. The zero-order chi connectivity index (χ0) is 19.6. The number of halogens is 3. The van der Waals surface area contributed by atoms with E-state index < -0.39 is 12.8 Å². The molecule has 0 saturated carbocycles. The molecule has 2 aromatic carbocycles. The number of amides is 1. The number of rotatable bonds is 5. The first-order valence-corrected chi connectivity index (χ1v) is 8.68. The third-order valence-corrected chi connectivity index (χ3v) is 4.85. The van der Waals surface area contributed by atoms with Crippen molar-refractivity contribution in [2.45, 2.75) is 13.1 Å². The molecule has 3 aromatic rings. The molecule has 8 heteroatoms. The van der Waals surface area contributed by atoms with Gasteiger partial charge in [0, 0.05) is 21.3 Å². The van der Waals surface area contributed by atoms with Crippen LogP contribution in [-0.2, 0) is 0 Å². The van der Waals surface area contributed by atoms with Gasteiger partial charge in [-0.05, 0) is 36.8 Å². The molecule has 0 spiro atoms. The minimum atomic E-state index is -4.52. The van der Waals surface area contributed by atoms with Crippen LogP contribution < -0.4 is 10.1 Å². The Kier molecular flexibility index (Phi) is 5.18. The van der Waals surface area contributed by atoms with Crippen LogP contribution in [0.2, 0.25) is 0 Å². The lowest BCUT2D eigenvalue weighted by atomic mass is 10.1. The second-order valence-corrected chi connectivity index (χ2v) is 6.88. The fourth-order valence-electron chi connectivity index (χ4n) is 2.54. The van der Waals surface area contributed by atoms with Gasteiger partial charge in [0.1, 0.15) is 10.6 Å².